The Labute approximate surface area is 120 Å². The molecule has 20 heavy (non-hydrogen) atoms. The summed E-state index contributed by atoms with van der Waals surface area (Å²) in [6.07, 6.45) is 0. The van der Waals surface area contributed by atoms with E-state index in [-0.39, 0.29) is 11.3 Å². The molecule has 2 aromatic rings. The van der Waals surface area contributed by atoms with Crippen LogP contribution in [0.4, 0.5) is 0 Å². The third-order valence-corrected chi connectivity index (χ3v) is 2.96. The summed E-state index contributed by atoms with van der Waals surface area (Å²) in [6, 6.07) is 16.7. The van der Waals surface area contributed by atoms with Crippen LogP contribution in [0.3, 0.4) is 0 Å². The molecule has 0 heterocycles. The lowest BCUT2D eigenvalue weighted by molar-refractivity contribution is -0.374. The van der Waals surface area contributed by atoms with Gasteiger partial charge in [0.1, 0.15) is 11.6 Å². The minimum Gasteiger partial charge on any atom is -0.258 e. The van der Waals surface area contributed by atoms with Crippen LogP contribution in [-0.2, 0) is 0 Å². The van der Waals surface area contributed by atoms with Crippen LogP contribution in [0.2, 0.25) is 5.02 Å². The largest absolute Gasteiger partial charge is 0.294 e. The zero-order valence-corrected chi connectivity index (χ0v) is 11.0. The predicted molar refractivity (Wildman–Crippen MR) is 77.3 cm³/mol. The Balaban J connectivity index is 2.67. The van der Waals surface area contributed by atoms with Gasteiger partial charge in [-0.2, -0.15) is 5.26 Å². The normalized spacial score (nSPS) is 11.4. The van der Waals surface area contributed by atoms with Crippen molar-refractivity contribution in [3.8, 4) is 6.07 Å². The van der Waals surface area contributed by atoms with Crippen LogP contribution in [-0.4, -0.2) is 4.92 Å². The molecular formula is C15H9ClN2O2. The van der Waals surface area contributed by atoms with Crippen molar-refractivity contribution in [2.45, 2.75) is 0 Å². The first-order chi connectivity index (χ1) is 9.63. The summed E-state index contributed by atoms with van der Waals surface area (Å²) in [4.78, 5) is 10.8. The van der Waals surface area contributed by atoms with E-state index in [1.165, 1.54) is 12.1 Å². The molecule has 0 aromatic heterocycles. The molecule has 0 N–H and O–H groups in total. The molecule has 0 radical (unpaired) electrons. The van der Waals surface area contributed by atoms with Gasteiger partial charge in [0.25, 0.3) is 5.70 Å². The molecule has 0 spiro atoms. The zero-order chi connectivity index (χ0) is 14.5. The number of hydrogen-bond acceptors (Lipinski definition) is 3. The van der Waals surface area contributed by atoms with Gasteiger partial charge >= 0.3 is 0 Å². The first kappa shape index (κ1) is 13.8. The standard InChI is InChI=1S/C15H9ClN2O2/c16-13-8-6-12(7-9-13)15(18(19)20)14(10-17)11-4-2-1-3-5-11/h1-9H/b15-14+. The van der Waals surface area contributed by atoms with Crippen molar-refractivity contribution < 1.29 is 4.92 Å². The Morgan fingerprint density at radius 3 is 2.15 bits per heavy atom. The van der Waals surface area contributed by atoms with Gasteiger partial charge < -0.3 is 0 Å². The van der Waals surface area contributed by atoms with Gasteiger partial charge in [-0.3, -0.25) is 10.1 Å². The lowest BCUT2D eigenvalue weighted by Crippen LogP contribution is -2.01. The fourth-order valence-electron chi connectivity index (χ4n) is 1.81. The molecule has 0 aliphatic heterocycles. The van der Waals surface area contributed by atoms with Gasteiger partial charge in [-0.15, -0.1) is 0 Å². The van der Waals surface area contributed by atoms with Gasteiger partial charge in [-0.25, -0.2) is 0 Å². The summed E-state index contributed by atoms with van der Waals surface area (Å²) < 4.78 is 0. The lowest BCUT2D eigenvalue weighted by atomic mass is 10.0. The minimum absolute atomic E-state index is 0.0259. The minimum atomic E-state index is -0.547. The highest BCUT2D eigenvalue weighted by atomic mass is 35.5. The first-order valence-corrected chi connectivity index (χ1v) is 6.11. The molecule has 0 aliphatic carbocycles. The van der Waals surface area contributed by atoms with Crippen LogP contribution in [0.5, 0.6) is 0 Å². The molecular weight excluding hydrogens is 276 g/mol. The van der Waals surface area contributed by atoms with E-state index < -0.39 is 4.92 Å². The van der Waals surface area contributed by atoms with Crippen LogP contribution in [0.1, 0.15) is 11.1 Å². The van der Waals surface area contributed by atoms with Crippen molar-refractivity contribution in [3.63, 3.8) is 0 Å². The van der Waals surface area contributed by atoms with E-state index in [0.717, 1.165) is 0 Å². The molecule has 98 valence electrons. The van der Waals surface area contributed by atoms with Crippen molar-refractivity contribution in [3.05, 3.63) is 80.9 Å². The molecule has 0 aliphatic rings. The summed E-state index contributed by atoms with van der Waals surface area (Å²) in [5, 5.41) is 21.1. The number of nitrogens with zero attached hydrogens (tertiary/aromatic N) is 2. The molecule has 2 rings (SSSR count). The number of allylic oxidation sites excluding steroid dienone is 1. The summed E-state index contributed by atoms with van der Waals surface area (Å²) in [5.41, 5.74) is 0.657. The second kappa shape index (κ2) is 6.00. The van der Waals surface area contributed by atoms with Gasteiger partial charge in [-0.1, -0.05) is 41.9 Å². The predicted octanol–water partition coefficient (Wildman–Crippen LogP) is 4.01. The molecule has 0 fully saturated rings. The third kappa shape index (κ3) is 2.85. The number of benzene rings is 2. The van der Waals surface area contributed by atoms with Crippen molar-refractivity contribution >= 4 is 22.9 Å². The van der Waals surface area contributed by atoms with Crippen LogP contribution in [0.15, 0.2) is 54.6 Å². The maximum atomic E-state index is 11.3. The molecule has 4 nitrogen and oxygen atoms in total. The summed E-state index contributed by atoms with van der Waals surface area (Å²) >= 11 is 5.78. The number of rotatable bonds is 3. The highest BCUT2D eigenvalue weighted by molar-refractivity contribution is 6.30. The number of nitro groups is 1. The fraction of sp³-hybridized carbons (Fsp3) is 0. The second-order valence-corrected chi connectivity index (χ2v) is 4.40. The Bertz CT molecular complexity index is 701. The topological polar surface area (TPSA) is 66.9 Å². The second-order valence-electron chi connectivity index (χ2n) is 3.97. The Morgan fingerprint density at radius 2 is 1.65 bits per heavy atom. The SMILES string of the molecule is N#C/C(=C(/c1ccc(Cl)cc1)[N+](=O)[O-])c1ccccc1. The zero-order valence-electron chi connectivity index (χ0n) is 10.3. The molecule has 0 saturated heterocycles. The summed E-state index contributed by atoms with van der Waals surface area (Å²) in [7, 11) is 0. The number of nitriles is 1. The van der Waals surface area contributed by atoms with Gasteiger partial charge in [0.15, 0.2) is 0 Å². The summed E-state index contributed by atoms with van der Waals surface area (Å²) in [5.74, 6) is 0. The van der Waals surface area contributed by atoms with Crippen molar-refractivity contribution in [1.82, 2.24) is 0 Å². The maximum Gasteiger partial charge on any atom is 0.294 e. The number of hydrogen-bond donors (Lipinski definition) is 0. The lowest BCUT2D eigenvalue weighted by Gasteiger charge is -2.03. The average Bonchev–Trinajstić information content (AvgIpc) is 2.46. The smallest absolute Gasteiger partial charge is 0.258 e. The monoisotopic (exact) mass is 284 g/mol. The highest BCUT2D eigenvalue weighted by Crippen LogP contribution is 2.27. The van der Waals surface area contributed by atoms with Crippen LogP contribution >= 0.6 is 11.6 Å². The number of halogens is 1. The average molecular weight is 285 g/mol. The van der Waals surface area contributed by atoms with Crippen molar-refractivity contribution in [2.24, 2.45) is 0 Å². The Morgan fingerprint density at radius 1 is 1.05 bits per heavy atom. The summed E-state index contributed by atoms with van der Waals surface area (Å²) in [6.45, 7) is 0. The van der Waals surface area contributed by atoms with Crippen LogP contribution in [0.25, 0.3) is 11.3 Å². The van der Waals surface area contributed by atoms with E-state index >= 15 is 0 Å². The molecule has 5 heteroatoms. The molecule has 0 atom stereocenters. The van der Waals surface area contributed by atoms with E-state index in [4.69, 9.17) is 11.6 Å². The Kier molecular flexibility index (Phi) is 4.14. The highest BCUT2D eigenvalue weighted by Gasteiger charge is 2.22. The quantitative estimate of drug-likeness (QED) is 0.370. The van der Waals surface area contributed by atoms with E-state index in [0.29, 0.717) is 16.1 Å². The van der Waals surface area contributed by atoms with E-state index in [2.05, 4.69) is 0 Å². The Hall–Kier alpha value is -2.64. The third-order valence-electron chi connectivity index (χ3n) is 2.71. The van der Waals surface area contributed by atoms with E-state index in [9.17, 15) is 15.4 Å². The van der Waals surface area contributed by atoms with E-state index in [1.54, 1.807) is 42.5 Å². The van der Waals surface area contributed by atoms with E-state index in [1.807, 2.05) is 6.07 Å². The first-order valence-electron chi connectivity index (χ1n) is 5.73. The van der Waals surface area contributed by atoms with Crippen LogP contribution in [0, 0.1) is 21.4 Å². The van der Waals surface area contributed by atoms with Gasteiger partial charge in [0.2, 0.25) is 0 Å². The maximum absolute atomic E-state index is 11.3. The van der Waals surface area contributed by atoms with Gasteiger partial charge in [0, 0.05) is 5.02 Å². The van der Waals surface area contributed by atoms with Crippen LogP contribution < -0.4 is 0 Å². The molecule has 2 aromatic carbocycles. The molecule has 0 saturated carbocycles. The fourth-order valence-corrected chi connectivity index (χ4v) is 1.93. The van der Waals surface area contributed by atoms with Crippen molar-refractivity contribution in [2.75, 3.05) is 0 Å². The molecule has 0 bridgehead atoms. The van der Waals surface area contributed by atoms with Gasteiger partial charge in [0.05, 0.1) is 10.5 Å². The molecule has 0 amide bonds. The van der Waals surface area contributed by atoms with Crippen molar-refractivity contribution in [1.29, 1.82) is 5.26 Å². The molecule has 0 unspecified atom stereocenters. The van der Waals surface area contributed by atoms with Gasteiger partial charge in [-0.05, 0) is 29.8 Å².